The van der Waals surface area contributed by atoms with Crippen molar-refractivity contribution in [2.75, 3.05) is 23.8 Å². The van der Waals surface area contributed by atoms with Gasteiger partial charge in [-0.25, -0.2) is 18.8 Å². The van der Waals surface area contributed by atoms with E-state index in [4.69, 9.17) is 20.7 Å². The first kappa shape index (κ1) is 25.4. The van der Waals surface area contributed by atoms with Gasteiger partial charge in [-0.15, -0.1) is 0 Å². The van der Waals surface area contributed by atoms with Gasteiger partial charge in [0.2, 0.25) is 5.95 Å². The van der Waals surface area contributed by atoms with Crippen LogP contribution >= 0.6 is 0 Å². The molecule has 204 valence electrons. The van der Waals surface area contributed by atoms with Crippen molar-refractivity contribution < 1.29 is 8.78 Å². The first-order chi connectivity index (χ1) is 18.5. The number of piperidine rings is 1. The Morgan fingerprint density at radius 2 is 1.61 bits per heavy atom. The molecule has 3 aliphatic rings. The summed E-state index contributed by atoms with van der Waals surface area (Å²) in [6.07, 6.45) is 13.4. The summed E-state index contributed by atoms with van der Waals surface area (Å²) in [5.41, 5.74) is 12.1. The van der Waals surface area contributed by atoms with Crippen LogP contribution in [0.15, 0.2) is 24.5 Å². The SMILES string of the molecule is NC1CCC(Nc2nc(NN3CCC(Cc4cc(F)cc(F)c4)CC3)c3ncn(C4CCCC4)c3n2)CC1. The van der Waals surface area contributed by atoms with Crippen molar-refractivity contribution in [3.05, 3.63) is 41.7 Å². The zero-order chi connectivity index (χ0) is 26.1. The van der Waals surface area contributed by atoms with Gasteiger partial charge in [0.05, 0.1) is 6.33 Å². The Bertz CT molecular complexity index is 1220. The van der Waals surface area contributed by atoms with Gasteiger partial charge in [-0.2, -0.15) is 9.97 Å². The molecular formula is C28H38F2N8. The zero-order valence-corrected chi connectivity index (χ0v) is 21.9. The molecule has 1 saturated heterocycles. The summed E-state index contributed by atoms with van der Waals surface area (Å²) >= 11 is 0. The van der Waals surface area contributed by atoms with E-state index in [1.807, 2.05) is 6.33 Å². The van der Waals surface area contributed by atoms with Crippen LogP contribution in [0.3, 0.4) is 0 Å². The Morgan fingerprint density at radius 3 is 2.32 bits per heavy atom. The number of nitrogens with zero attached hydrogens (tertiary/aromatic N) is 5. The topological polar surface area (TPSA) is 96.9 Å². The third kappa shape index (κ3) is 5.76. The Hall–Kier alpha value is -2.85. The molecule has 8 nitrogen and oxygen atoms in total. The van der Waals surface area contributed by atoms with E-state index in [-0.39, 0.29) is 0 Å². The van der Waals surface area contributed by atoms with Crippen LogP contribution in [0.1, 0.15) is 75.8 Å². The van der Waals surface area contributed by atoms with Crippen LogP contribution in [-0.2, 0) is 6.42 Å². The summed E-state index contributed by atoms with van der Waals surface area (Å²) in [5.74, 6) is 0.737. The summed E-state index contributed by atoms with van der Waals surface area (Å²) in [4.78, 5) is 14.6. The maximum atomic E-state index is 13.6. The molecule has 1 aromatic carbocycles. The van der Waals surface area contributed by atoms with Gasteiger partial charge in [0.1, 0.15) is 11.6 Å². The molecule has 2 saturated carbocycles. The molecule has 2 aromatic heterocycles. The van der Waals surface area contributed by atoms with Crippen LogP contribution in [0.5, 0.6) is 0 Å². The molecular weight excluding hydrogens is 486 g/mol. The number of nitrogens with one attached hydrogen (secondary N) is 2. The fourth-order valence-electron chi connectivity index (χ4n) is 6.42. The van der Waals surface area contributed by atoms with E-state index in [1.54, 1.807) is 0 Å². The summed E-state index contributed by atoms with van der Waals surface area (Å²) in [6.45, 7) is 1.64. The Morgan fingerprint density at radius 1 is 0.895 bits per heavy atom. The standard InChI is InChI=1S/C28H38F2N8/c29-20-14-19(15-21(30)16-20)13-18-9-11-37(12-10-18)36-26-25-27(38(17-32-25)24-3-1-2-4-24)35-28(34-26)33-23-7-5-22(31)6-8-23/h14-18,22-24H,1-13,31H2,(H2,33,34,35,36). The largest absolute Gasteiger partial charge is 0.351 e. The fourth-order valence-corrected chi connectivity index (χ4v) is 6.42. The lowest BCUT2D eigenvalue weighted by Gasteiger charge is -2.32. The highest BCUT2D eigenvalue weighted by atomic mass is 19.1. The Kier molecular flexibility index (Phi) is 7.43. The number of imidazole rings is 1. The molecule has 4 N–H and O–H groups in total. The maximum absolute atomic E-state index is 13.6. The van der Waals surface area contributed by atoms with Crippen LogP contribution in [0, 0.1) is 17.6 Å². The second-order valence-electron chi connectivity index (χ2n) is 11.4. The number of anilines is 2. The maximum Gasteiger partial charge on any atom is 0.227 e. The first-order valence-electron chi connectivity index (χ1n) is 14.2. The van der Waals surface area contributed by atoms with Crippen molar-refractivity contribution in [2.45, 2.75) is 88.8 Å². The number of benzene rings is 1. The lowest BCUT2D eigenvalue weighted by atomic mass is 9.90. The van der Waals surface area contributed by atoms with Crippen molar-refractivity contribution in [1.29, 1.82) is 0 Å². The number of nitrogens with two attached hydrogens (primary N) is 1. The highest BCUT2D eigenvalue weighted by Crippen LogP contribution is 2.34. The fraction of sp³-hybridized carbons (Fsp3) is 0.607. The lowest BCUT2D eigenvalue weighted by Crippen LogP contribution is -2.39. The molecule has 0 radical (unpaired) electrons. The molecule has 3 fully saturated rings. The van der Waals surface area contributed by atoms with E-state index in [2.05, 4.69) is 20.3 Å². The smallest absolute Gasteiger partial charge is 0.227 e. The van der Waals surface area contributed by atoms with E-state index in [0.29, 0.717) is 36.4 Å². The van der Waals surface area contributed by atoms with Gasteiger partial charge in [-0.05, 0) is 81.4 Å². The highest BCUT2D eigenvalue weighted by molar-refractivity contribution is 5.84. The zero-order valence-electron chi connectivity index (χ0n) is 21.9. The van der Waals surface area contributed by atoms with Crippen molar-refractivity contribution >= 4 is 22.9 Å². The third-order valence-electron chi connectivity index (χ3n) is 8.57. The number of hydrogen-bond donors (Lipinski definition) is 3. The van der Waals surface area contributed by atoms with Gasteiger partial charge in [-0.3, -0.25) is 0 Å². The number of hydrogen-bond acceptors (Lipinski definition) is 7. The predicted molar refractivity (Wildman–Crippen MR) is 145 cm³/mol. The van der Waals surface area contributed by atoms with Crippen LogP contribution in [0.2, 0.25) is 0 Å². The molecule has 0 atom stereocenters. The Labute approximate surface area is 222 Å². The number of rotatable bonds is 7. The summed E-state index contributed by atoms with van der Waals surface area (Å²) in [7, 11) is 0. The molecule has 3 heterocycles. The van der Waals surface area contributed by atoms with Crippen LogP contribution in [-0.4, -0.2) is 49.7 Å². The van der Waals surface area contributed by atoms with E-state index in [9.17, 15) is 8.78 Å². The highest BCUT2D eigenvalue weighted by Gasteiger charge is 2.26. The number of fused-ring (bicyclic) bond motifs is 1. The van der Waals surface area contributed by atoms with E-state index < -0.39 is 11.6 Å². The first-order valence-corrected chi connectivity index (χ1v) is 14.2. The quantitative estimate of drug-likeness (QED) is 0.392. The van der Waals surface area contributed by atoms with Gasteiger partial charge in [0.25, 0.3) is 0 Å². The van der Waals surface area contributed by atoms with Crippen LogP contribution < -0.4 is 16.5 Å². The molecule has 10 heteroatoms. The van der Waals surface area contributed by atoms with Gasteiger partial charge >= 0.3 is 0 Å². The minimum atomic E-state index is -0.510. The van der Waals surface area contributed by atoms with E-state index in [1.165, 1.54) is 25.0 Å². The van der Waals surface area contributed by atoms with Gasteiger partial charge in [0.15, 0.2) is 17.0 Å². The molecule has 3 aromatic rings. The number of hydrazine groups is 1. The van der Waals surface area contributed by atoms with Crippen molar-refractivity contribution in [3.63, 3.8) is 0 Å². The number of halogens is 2. The second kappa shape index (κ2) is 11.1. The van der Waals surface area contributed by atoms with Crippen LogP contribution in [0.25, 0.3) is 11.2 Å². The van der Waals surface area contributed by atoms with Gasteiger partial charge in [-0.1, -0.05) is 12.8 Å². The van der Waals surface area contributed by atoms with E-state index in [0.717, 1.165) is 93.1 Å². The second-order valence-corrected chi connectivity index (χ2v) is 11.4. The van der Waals surface area contributed by atoms with Crippen molar-refractivity contribution in [1.82, 2.24) is 24.5 Å². The van der Waals surface area contributed by atoms with Gasteiger partial charge < -0.3 is 21.0 Å². The number of aromatic nitrogens is 4. The normalized spacial score (nSPS) is 23.8. The molecule has 6 rings (SSSR count). The van der Waals surface area contributed by atoms with Crippen LogP contribution in [0.4, 0.5) is 20.5 Å². The third-order valence-corrected chi connectivity index (χ3v) is 8.57. The average Bonchev–Trinajstić information content (AvgIpc) is 3.56. The molecule has 38 heavy (non-hydrogen) atoms. The minimum Gasteiger partial charge on any atom is -0.351 e. The molecule has 0 bridgehead atoms. The molecule has 0 spiro atoms. The Balaban J connectivity index is 1.17. The monoisotopic (exact) mass is 524 g/mol. The molecule has 2 aliphatic carbocycles. The minimum absolute atomic E-state index is 0.292. The van der Waals surface area contributed by atoms with Crippen molar-refractivity contribution in [3.8, 4) is 0 Å². The van der Waals surface area contributed by atoms with Gasteiger partial charge in [0, 0.05) is 37.3 Å². The van der Waals surface area contributed by atoms with Crippen molar-refractivity contribution in [2.24, 2.45) is 11.7 Å². The summed E-state index contributed by atoms with van der Waals surface area (Å²) in [6, 6.07) is 4.87. The summed E-state index contributed by atoms with van der Waals surface area (Å²) in [5, 5.41) is 5.77. The summed E-state index contributed by atoms with van der Waals surface area (Å²) < 4.78 is 29.5. The predicted octanol–water partition coefficient (Wildman–Crippen LogP) is 5.18. The lowest BCUT2D eigenvalue weighted by molar-refractivity contribution is 0.216. The molecule has 0 unspecified atom stereocenters. The molecule has 0 amide bonds. The van der Waals surface area contributed by atoms with E-state index >= 15 is 0 Å². The average molecular weight is 525 g/mol. The molecule has 1 aliphatic heterocycles.